The lowest BCUT2D eigenvalue weighted by atomic mass is 9.83. The molecule has 0 aromatic heterocycles. The summed E-state index contributed by atoms with van der Waals surface area (Å²) in [6.45, 7) is 0. The predicted octanol–water partition coefficient (Wildman–Crippen LogP) is 3.85. The van der Waals surface area contributed by atoms with Crippen LogP contribution < -0.4 is 0 Å². The summed E-state index contributed by atoms with van der Waals surface area (Å²) in [5.74, 6) is -1.64. The van der Waals surface area contributed by atoms with Crippen LogP contribution in [-0.2, 0) is 0 Å². The van der Waals surface area contributed by atoms with Crippen LogP contribution >= 0.6 is 31.9 Å². The van der Waals surface area contributed by atoms with Crippen molar-refractivity contribution in [2.45, 2.75) is 34.0 Å². The molecule has 0 aromatic carbocycles. The number of hydrogen-bond acceptors (Lipinski definition) is 1. The first-order valence-corrected chi connectivity index (χ1v) is 6.36. The lowest BCUT2D eigenvalue weighted by Gasteiger charge is -2.37. The Labute approximate surface area is 109 Å². The van der Waals surface area contributed by atoms with E-state index in [4.69, 9.17) is 0 Å². The summed E-state index contributed by atoms with van der Waals surface area (Å²) >= 11 is 5.90. The highest BCUT2D eigenvalue weighted by atomic mass is 79.9. The fraction of sp³-hybridized carbons (Fsp3) is 0.875. The van der Waals surface area contributed by atoms with Crippen LogP contribution in [0.3, 0.4) is 0 Å². The molecule has 0 aromatic rings. The van der Waals surface area contributed by atoms with Crippen LogP contribution in [0.15, 0.2) is 4.99 Å². The van der Waals surface area contributed by atoms with Crippen LogP contribution in [-0.4, -0.2) is 33.3 Å². The summed E-state index contributed by atoms with van der Waals surface area (Å²) in [5, 5.41) is 0. The van der Waals surface area contributed by atoms with Crippen molar-refractivity contribution in [2.75, 3.05) is 0 Å². The highest BCUT2D eigenvalue weighted by Crippen LogP contribution is 2.60. The van der Waals surface area contributed by atoms with Crippen molar-refractivity contribution < 1.29 is 26.3 Å². The zero-order chi connectivity index (χ0) is 13.2. The molecule has 0 amide bonds. The van der Waals surface area contributed by atoms with Gasteiger partial charge in [-0.05, 0) is 6.42 Å². The Balaban J connectivity index is 2.59. The Hall–Kier alpha value is 0.210. The molecule has 2 rings (SSSR count). The highest BCUT2D eigenvalue weighted by Gasteiger charge is 2.79. The van der Waals surface area contributed by atoms with Crippen molar-refractivity contribution in [2.24, 2.45) is 10.9 Å². The molecule has 98 valence electrons. The van der Waals surface area contributed by atoms with Gasteiger partial charge >= 0.3 is 12.4 Å². The predicted molar refractivity (Wildman–Crippen MR) is 55.8 cm³/mol. The van der Waals surface area contributed by atoms with Crippen molar-refractivity contribution in [1.82, 2.24) is 0 Å². The molecule has 1 fully saturated rings. The molecular formula is C8H5Br2F6N. The lowest BCUT2D eigenvalue weighted by molar-refractivity contribution is -0.307. The standard InChI is InChI=1S/C8H5Br2F6N/c9-3-1-2-4(10)5(3)17-6(2,7(11,12)13)8(14,15)16/h2-4H,1H2. The van der Waals surface area contributed by atoms with Crippen LogP contribution in [0.25, 0.3) is 0 Å². The monoisotopic (exact) mass is 387 g/mol. The SMILES string of the molecule is FC(F)(F)C1(C(F)(F)F)N=C2C(Br)CC1C2Br. The number of aliphatic imine (C=N–C) groups is 1. The second-order valence-corrected chi connectivity index (χ2v) is 6.10. The first kappa shape index (κ1) is 13.6. The van der Waals surface area contributed by atoms with Gasteiger partial charge in [-0.15, -0.1) is 0 Å². The number of fused-ring (bicyclic) bond motifs is 2. The minimum absolute atomic E-state index is 0.107. The minimum Gasteiger partial charge on any atom is -0.266 e. The van der Waals surface area contributed by atoms with Gasteiger partial charge in [0, 0.05) is 11.6 Å². The summed E-state index contributed by atoms with van der Waals surface area (Å²) in [6, 6.07) is 0. The van der Waals surface area contributed by atoms with Gasteiger partial charge in [-0.3, -0.25) is 4.99 Å². The molecule has 0 saturated heterocycles. The molecule has 1 nitrogen and oxygen atoms in total. The van der Waals surface area contributed by atoms with Gasteiger partial charge in [-0.1, -0.05) is 31.9 Å². The van der Waals surface area contributed by atoms with Crippen molar-refractivity contribution >= 4 is 37.6 Å². The van der Waals surface area contributed by atoms with Crippen LogP contribution in [0.5, 0.6) is 0 Å². The molecule has 2 aliphatic rings. The molecule has 3 unspecified atom stereocenters. The van der Waals surface area contributed by atoms with Crippen LogP contribution in [0, 0.1) is 5.92 Å². The van der Waals surface area contributed by atoms with E-state index >= 15 is 0 Å². The Morgan fingerprint density at radius 1 is 1.06 bits per heavy atom. The van der Waals surface area contributed by atoms with Crippen molar-refractivity contribution in [3.8, 4) is 0 Å². The zero-order valence-electron chi connectivity index (χ0n) is 7.91. The second kappa shape index (κ2) is 3.61. The third-order valence-corrected chi connectivity index (χ3v) is 5.07. The Morgan fingerprint density at radius 3 is 1.76 bits per heavy atom. The number of halogens is 8. The molecule has 1 heterocycles. The third kappa shape index (κ3) is 1.60. The van der Waals surface area contributed by atoms with Gasteiger partial charge in [-0.2, -0.15) is 26.3 Å². The van der Waals surface area contributed by atoms with Gasteiger partial charge in [-0.25, -0.2) is 0 Å². The van der Waals surface area contributed by atoms with E-state index in [0.29, 0.717) is 0 Å². The average molecular weight is 389 g/mol. The summed E-state index contributed by atoms with van der Waals surface area (Å²) in [4.78, 5) is 1.47. The molecule has 1 aliphatic heterocycles. The molecule has 0 spiro atoms. The molecule has 17 heavy (non-hydrogen) atoms. The molecule has 0 N–H and O–H groups in total. The zero-order valence-corrected chi connectivity index (χ0v) is 11.1. The molecule has 9 heteroatoms. The van der Waals surface area contributed by atoms with E-state index in [2.05, 4.69) is 36.9 Å². The molecule has 1 aliphatic carbocycles. The van der Waals surface area contributed by atoms with E-state index in [-0.39, 0.29) is 12.1 Å². The summed E-state index contributed by atoms with van der Waals surface area (Å²) < 4.78 is 76.8. The topological polar surface area (TPSA) is 12.4 Å². The third-order valence-electron chi connectivity index (χ3n) is 3.12. The highest BCUT2D eigenvalue weighted by molar-refractivity contribution is 9.10. The largest absolute Gasteiger partial charge is 0.422 e. The smallest absolute Gasteiger partial charge is 0.266 e. The minimum atomic E-state index is -5.43. The van der Waals surface area contributed by atoms with E-state index in [9.17, 15) is 26.3 Å². The fourth-order valence-corrected chi connectivity index (χ4v) is 4.51. The maximum atomic E-state index is 12.8. The average Bonchev–Trinajstić information content (AvgIpc) is 2.53. The van der Waals surface area contributed by atoms with Crippen molar-refractivity contribution in [3.05, 3.63) is 0 Å². The van der Waals surface area contributed by atoms with Gasteiger partial charge in [0.05, 0.1) is 9.65 Å². The molecular weight excluding hydrogens is 384 g/mol. The summed E-state index contributed by atoms with van der Waals surface area (Å²) in [6.07, 6.45) is -11.1. The van der Waals surface area contributed by atoms with E-state index in [1.807, 2.05) is 0 Å². The molecule has 1 saturated carbocycles. The van der Waals surface area contributed by atoms with Gasteiger partial charge in [0.2, 0.25) is 0 Å². The van der Waals surface area contributed by atoms with E-state index in [1.54, 1.807) is 0 Å². The van der Waals surface area contributed by atoms with Gasteiger partial charge in [0.1, 0.15) is 0 Å². The van der Waals surface area contributed by atoms with E-state index in [1.165, 1.54) is 0 Å². The van der Waals surface area contributed by atoms with Gasteiger partial charge < -0.3 is 0 Å². The maximum absolute atomic E-state index is 12.8. The van der Waals surface area contributed by atoms with Crippen molar-refractivity contribution in [1.29, 1.82) is 0 Å². The number of alkyl halides is 8. The number of hydrogen-bond donors (Lipinski definition) is 0. The fourth-order valence-electron chi connectivity index (χ4n) is 2.35. The quantitative estimate of drug-likeness (QED) is 0.441. The van der Waals surface area contributed by atoms with Crippen molar-refractivity contribution in [3.63, 3.8) is 0 Å². The van der Waals surface area contributed by atoms with Crippen LogP contribution in [0.1, 0.15) is 6.42 Å². The Bertz CT molecular complexity index is 359. The number of nitrogens with zero attached hydrogens (tertiary/aromatic N) is 1. The Kier molecular flexibility index (Phi) is 2.90. The Morgan fingerprint density at radius 2 is 1.53 bits per heavy atom. The maximum Gasteiger partial charge on any atom is 0.422 e. The number of rotatable bonds is 0. The van der Waals surface area contributed by atoms with E-state index < -0.39 is 33.5 Å². The first-order valence-electron chi connectivity index (χ1n) is 4.53. The molecule has 3 atom stereocenters. The molecule has 0 radical (unpaired) electrons. The van der Waals surface area contributed by atoms with Gasteiger partial charge in [0.15, 0.2) is 0 Å². The lowest BCUT2D eigenvalue weighted by Crippen LogP contribution is -2.60. The van der Waals surface area contributed by atoms with Gasteiger partial charge in [0.25, 0.3) is 5.54 Å². The van der Waals surface area contributed by atoms with Crippen LogP contribution in [0.2, 0.25) is 0 Å². The first-order chi connectivity index (χ1) is 7.52. The summed E-state index contributed by atoms with van der Waals surface area (Å²) in [5.41, 5.74) is -4.06. The second-order valence-electron chi connectivity index (χ2n) is 4.01. The normalized spacial score (nSPS) is 36.2. The van der Waals surface area contributed by atoms with Crippen LogP contribution in [0.4, 0.5) is 26.3 Å². The molecule has 2 bridgehead atoms. The summed E-state index contributed by atoms with van der Waals surface area (Å²) in [7, 11) is 0. The van der Waals surface area contributed by atoms with E-state index in [0.717, 1.165) is 0 Å².